The smallest absolute Gasteiger partial charge is 0.193 e. The Morgan fingerprint density at radius 1 is 1.05 bits per heavy atom. The van der Waals surface area contributed by atoms with Crippen LogP contribution in [0, 0.1) is 0 Å². The zero-order chi connectivity index (χ0) is 14.4. The number of hydrogen-bond acceptors (Lipinski definition) is 1. The normalized spacial score (nSPS) is 10.9. The van der Waals surface area contributed by atoms with Gasteiger partial charge in [-0.1, -0.05) is 41.4 Å². The predicted molar refractivity (Wildman–Crippen MR) is 102 cm³/mol. The molecule has 112 valence electrons. The predicted octanol–water partition coefficient (Wildman–Crippen LogP) is 4.58. The molecule has 0 bridgehead atoms. The quantitative estimate of drug-likeness (QED) is 0.419. The van der Waals surface area contributed by atoms with E-state index in [-0.39, 0.29) is 24.0 Å². The van der Waals surface area contributed by atoms with E-state index in [9.17, 15) is 0 Å². The van der Waals surface area contributed by atoms with Crippen molar-refractivity contribution in [3.05, 3.63) is 64.1 Å². The number of rotatable bonds is 4. The van der Waals surface area contributed by atoms with Crippen LogP contribution in [0.15, 0.2) is 53.5 Å². The third-order valence-corrected chi connectivity index (χ3v) is 3.09. The number of benzene rings is 2. The second-order valence-electron chi connectivity index (χ2n) is 4.29. The van der Waals surface area contributed by atoms with Gasteiger partial charge in [0.05, 0.1) is 0 Å². The molecule has 2 rings (SSSR count). The monoisotopic (exact) mass is 435 g/mol. The summed E-state index contributed by atoms with van der Waals surface area (Å²) in [6.45, 7) is 0.572. The summed E-state index contributed by atoms with van der Waals surface area (Å²) in [5.41, 5.74) is 7.77. The summed E-state index contributed by atoms with van der Waals surface area (Å²) in [5.74, 6) is 0.393. The molecule has 0 saturated carbocycles. The molecule has 0 aliphatic carbocycles. The van der Waals surface area contributed by atoms with Crippen LogP contribution in [0.1, 0.15) is 5.56 Å². The van der Waals surface area contributed by atoms with Crippen LogP contribution in [0.3, 0.4) is 0 Å². The van der Waals surface area contributed by atoms with E-state index in [2.05, 4.69) is 10.3 Å². The van der Waals surface area contributed by atoms with Gasteiger partial charge >= 0.3 is 0 Å². The van der Waals surface area contributed by atoms with Crippen LogP contribution in [0.25, 0.3) is 0 Å². The Morgan fingerprint density at radius 3 is 2.29 bits per heavy atom. The van der Waals surface area contributed by atoms with Gasteiger partial charge in [-0.25, -0.2) is 0 Å². The van der Waals surface area contributed by atoms with Gasteiger partial charge in [0.2, 0.25) is 0 Å². The number of nitrogens with two attached hydrogens (primary N) is 1. The first-order chi connectivity index (χ1) is 9.63. The lowest BCUT2D eigenvalue weighted by molar-refractivity contribution is 0.965. The molecule has 2 aromatic carbocycles. The molecular weight excluding hydrogens is 420 g/mol. The molecule has 3 nitrogen and oxygen atoms in total. The highest BCUT2D eigenvalue weighted by Gasteiger charge is 1.99. The highest BCUT2D eigenvalue weighted by atomic mass is 127. The van der Waals surface area contributed by atoms with Gasteiger partial charge in [-0.05, 0) is 42.3 Å². The van der Waals surface area contributed by atoms with Gasteiger partial charge in [-0.15, -0.1) is 24.0 Å². The average molecular weight is 436 g/mol. The van der Waals surface area contributed by atoms with Crippen molar-refractivity contribution in [1.29, 1.82) is 0 Å². The van der Waals surface area contributed by atoms with E-state index in [0.29, 0.717) is 22.5 Å². The van der Waals surface area contributed by atoms with Crippen molar-refractivity contribution in [2.45, 2.75) is 6.42 Å². The highest BCUT2D eigenvalue weighted by molar-refractivity contribution is 14.0. The van der Waals surface area contributed by atoms with Crippen molar-refractivity contribution in [2.24, 2.45) is 10.7 Å². The minimum absolute atomic E-state index is 0. The maximum Gasteiger partial charge on any atom is 0.193 e. The molecule has 0 fully saturated rings. The van der Waals surface area contributed by atoms with E-state index >= 15 is 0 Å². The first-order valence-electron chi connectivity index (χ1n) is 6.20. The summed E-state index contributed by atoms with van der Waals surface area (Å²) in [7, 11) is 0. The summed E-state index contributed by atoms with van der Waals surface area (Å²) in [5, 5.41) is 4.29. The lowest BCUT2D eigenvalue weighted by atomic mass is 10.1. The molecule has 0 spiro atoms. The molecule has 3 N–H and O–H groups in total. The number of nitrogens with one attached hydrogen (secondary N) is 1. The second kappa shape index (κ2) is 9.12. The number of halogens is 3. The topological polar surface area (TPSA) is 50.4 Å². The molecule has 2 aromatic rings. The standard InChI is InChI=1S/C15H15Cl2N3.HI/c16-12-8-11(9-13(17)10-12)6-7-19-15(18)20-14-4-2-1-3-5-14;/h1-5,8-10H,6-7H2,(H3,18,19,20);1H. The summed E-state index contributed by atoms with van der Waals surface area (Å²) in [6, 6.07) is 15.1. The molecule has 0 heterocycles. The molecule has 0 aliphatic heterocycles. The fourth-order valence-corrected chi connectivity index (χ4v) is 2.34. The van der Waals surface area contributed by atoms with Gasteiger partial charge in [-0.2, -0.15) is 0 Å². The molecular formula is C15H16Cl2IN3. The lowest BCUT2D eigenvalue weighted by Gasteiger charge is -2.05. The van der Waals surface area contributed by atoms with Crippen LogP contribution in [0.4, 0.5) is 5.69 Å². The zero-order valence-electron chi connectivity index (χ0n) is 11.2. The lowest BCUT2D eigenvalue weighted by Crippen LogP contribution is -2.23. The SMILES string of the molecule is I.NC(=NCCc1cc(Cl)cc(Cl)c1)Nc1ccccc1. The summed E-state index contributed by atoms with van der Waals surface area (Å²) >= 11 is 11.9. The number of anilines is 1. The van der Waals surface area contributed by atoms with Crippen molar-refractivity contribution in [1.82, 2.24) is 0 Å². The number of para-hydroxylation sites is 1. The minimum Gasteiger partial charge on any atom is -0.370 e. The van der Waals surface area contributed by atoms with Crippen molar-refractivity contribution in [2.75, 3.05) is 11.9 Å². The van der Waals surface area contributed by atoms with Crippen LogP contribution >= 0.6 is 47.2 Å². The molecule has 0 amide bonds. The molecule has 0 aromatic heterocycles. The molecule has 0 radical (unpaired) electrons. The fraction of sp³-hybridized carbons (Fsp3) is 0.133. The van der Waals surface area contributed by atoms with Crippen LogP contribution in [-0.2, 0) is 6.42 Å². The third kappa shape index (κ3) is 6.54. The maximum absolute atomic E-state index is 5.94. The van der Waals surface area contributed by atoms with Crippen molar-refractivity contribution in [3.8, 4) is 0 Å². The van der Waals surface area contributed by atoms with Crippen molar-refractivity contribution >= 4 is 58.8 Å². The number of hydrogen-bond donors (Lipinski definition) is 2. The fourth-order valence-electron chi connectivity index (χ4n) is 1.77. The van der Waals surface area contributed by atoms with E-state index in [1.165, 1.54) is 0 Å². The number of guanidine groups is 1. The first-order valence-corrected chi connectivity index (χ1v) is 6.96. The van der Waals surface area contributed by atoms with Gasteiger partial charge in [0.1, 0.15) is 0 Å². The summed E-state index contributed by atoms with van der Waals surface area (Å²) in [4.78, 5) is 4.27. The van der Waals surface area contributed by atoms with E-state index in [1.54, 1.807) is 6.07 Å². The Morgan fingerprint density at radius 2 is 1.67 bits per heavy atom. The van der Waals surface area contributed by atoms with E-state index in [0.717, 1.165) is 17.7 Å². The Balaban J connectivity index is 0.00000220. The maximum atomic E-state index is 5.94. The largest absolute Gasteiger partial charge is 0.370 e. The third-order valence-electron chi connectivity index (χ3n) is 2.65. The zero-order valence-corrected chi connectivity index (χ0v) is 15.1. The second-order valence-corrected chi connectivity index (χ2v) is 5.16. The molecule has 0 unspecified atom stereocenters. The Labute approximate surface area is 151 Å². The average Bonchev–Trinajstić information content (AvgIpc) is 2.38. The summed E-state index contributed by atoms with van der Waals surface area (Å²) in [6.07, 6.45) is 0.734. The molecule has 0 aliphatic rings. The molecule has 6 heteroatoms. The Bertz CT molecular complexity index is 583. The van der Waals surface area contributed by atoms with Crippen molar-refractivity contribution < 1.29 is 0 Å². The van der Waals surface area contributed by atoms with Gasteiger partial charge in [-0.3, -0.25) is 4.99 Å². The van der Waals surface area contributed by atoms with Gasteiger partial charge in [0.15, 0.2) is 5.96 Å². The number of nitrogens with zero attached hydrogens (tertiary/aromatic N) is 1. The Kier molecular flexibility index (Phi) is 7.85. The van der Waals surface area contributed by atoms with E-state index in [4.69, 9.17) is 28.9 Å². The van der Waals surface area contributed by atoms with Crippen LogP contribution in [0.5, 0.6) is 0 Å². The van der Waals surface area contributed by atoms with Crippen LogP contribution in [-0.4, -0.2) is 12.5 Å². The first kappa shape index (κ1) is 18.1. The summed E-state index contributed by atoms with van der Waals surface area (Å²) < 4.78 is 0. The van der Waals surface area contributed by atoms with Gasteiger partial charge in [0, 0.05) is 22.3 Å². The van der Waals surface area contributed by atoms with Crippen LogP contribution in [0.2, 0.25) is 10.0 Å². The van der Waals surface area contributed by atoms with Gasteiger partial charge < -0.3 is 11.1 Å². The minimum atomic E-state index is 0. The highest BCUT2D eigenvalue weighted by Crippen LogP contribution is 2.19. The molecule has 21 heavy (non-hydrogen) atoms. The van der Waals surface area contributed by atoms with Gasteiger partial charge in [0.25, 0.3) is 0 Å². The van der Waals surface area contributed by atoms with Crippen LogP contribution < -0.4 is 11.1 Å². The molecule has 0 atom stereocenters. The Hall–Kier alpha value is -0.980. The van der Waals surface area contributed by atoms with E-state index < -0.39 is 0 Å². The van der Waals surface area contributed by atoms with Crippen molar-refractivity contribution in [3.63, 3.8) is 0 Å². The van der Waals surface area contributed by atoms with E-state index in [1.807, 2.05) is 42.5 Å². The number of aliphatic imine (C=N–C) groups is 1. The molecule has 0 saturated heterocycles.